The monoisotopic (exact) mass is 384 g/mol. The fourth-order valence-electron chi connectivity index (χ4n) is 2.67. The maximum absolute atomic E-state index is 13.7. The van der Waals surface area contributed by atoms with Gasteiger partial charge in [-0.05, 0) is 31.9 Å². The number of aliphatic imine (C=N–C) groups is 1. The lowest BCUT2D eigenvalue weighted by Crippen LogP contribution is -2.40. The number of hydrogen-bond donors (Lipinski definition) is 2. The summed E-state index contributed by atoms with van der Waals surface area (Å²) >= 11 is 0. The predicted molar refractivity (Wildman–Crippen MR) is 98.2 cm³/mol. The second kappa shape index (κ2) is 9.51. The zero-order valence-electron chi connectivity index (χ0n) is 14.9. The molecule has 0 spiro atoms. The van der Waals surface area contributed by atoms with E-state index < -0.39 is 15.7 Å². The zero-order chi connectivity index (χ0) is 19.0. The Hall–Kier alpha value is -2.16. The number of nitrogens with one attached hydrogen (secondary N) is 2. The van der Waals surface area contributed by atoms with E-state index >= 15 is 0 Å². The summed E-state index contributed by atoms with van der Waals surface area (Å²) in [5.41, 5.74) is 0. The highest BCUT2D eigenvalue weighted by molar-refractivity contribution is 7.91. The summed E-state index contributed by atoms with van der Waals surface area (Å²) in [5, 5.41) is 5.84. The normalized spacial score (nSPS) is 15.2. The Balaban J connectivity index is 1.90. The molecule has 1 aliphatic heterocycles. The van der Waals surface area contributed by atoms with Crippen LogP contribution in [0.5, 0.6) is 0 Å². The van der Waals surface area contributed by atoms with Crippen LogP contribution in [0.15, 0.2) is 34.2 Å². The number of halogens is 1. The molecule has 1 fully saturated rings. The number of carbonyl (C=O) groups is 1. The van der Waals surface area contributed by atoms with E-state index in [0.717, 1.165) is 32.0 Å². The van der Waals surface area contributed by atoms with Gasteiger partial charge in [-0.2, -0.15) is 0 Å². The largest absolute Gasteiger partial charge is 0.357 e. The van der Waals surface area contributed by atoms with Gasteiger partial charge in [-0.1, -0.05) is 12.1 Å². The summed E-state index contributed by atoms with van der Waals surface area (Å²) in [7, 11) is -3.74. The molecule has 1 heterocycles. The molecule has 7 nitrogen and oxygen atoms in total. The van der Waals surface area contributed by atoms with E-state index in [1.807, 2.05) is 6.92 Å². The smallest absolute Gasteiger partial charge is 0.244 e. The molecule has 0 saturated carbocycles. The van der Waals surface area contributed by atoms with Gasteiger partial charge < -0.3 is 15.5 Å². The van der Waals surface area contributed by atoms with Crippen LogP contribution in [0.1, 0.15) is 19.8 Å². The fraction of sp³-hybridized carbons (Fsp3) is 0.529. The summed E-state index contributed by atoms with van der Waals surface area (Å²) in [6, 6.07) is 5.30. The molecule has 144 valence electrons. The minimum absolute atomic E-state index is 0.00932. The Morgan fingerprint density at radius 2 is 1.92 bits per heavy atom. The number of benzene rings is 1. The molecule has 1 aromatic rings. The van der Waals surface area contributed by atoms with Crippen molar-refractivity contribution < 1.29 is 17.6 Å². The first-order chi connectivity index (χ1) is 12.4. The highest BCUT2D eigenvalue weighted by Crippen LogP contribution is 2.14. The van der Waals surface area contributed by atoms with Crippen LogP contribution in [0.25, 0.3) is 0 Å². The van der Waals surface area contributed by atoms with E-state index in [9.17, 15) is 17.6 Å². The first-order valence-electron chi connectivity index (χ1n) is 8.71. The number of likely N-dealkylation sites (tertiary alicyclic amines) is 1. The zero-order valence-corrected chi connectivity index (χ0v) is 15.7. The number of hydrogen-bond acceptors (Lipinski definition) is 4. The van der Waals surface area contributed by atoms with E-state index in [1.165, 1.54) is 18.2 Å². The summed E-state index contributed by atoms with van der Waals surface area (Å²) < 4.78 is 38.1. The van der Waals surface area contributed by atoms with Gasteiger partial charge in [0.25, 0.3) is 0 Å². The number of sulfone groups is 1. The molecule has 0 unspecified atom stereocenters. The number of rotatable bonds is 7. The van der Waals surface area contributed by atoms with Gasteiger partial charge in [0.15, 0.2) is 15.8 Å². The second-order valence-corrected chi connectivity index (χ2v) is 8.04. The second-order valence-electron chi connectivity index (χ2n) is 5.96. The third-order valence-corrected chi connectivity index (χ3v) is 5.75. The van der Waals surface area contributed by atoms with Crippen LogP contribution in [0.4, 0.5) is 4.39 Å². The van der Waals surface area contributed by atoms with Crippen molar-refractivity contribution in [1.29, 1.82) is 0 Å². The maximum Gasteiger partial charge on any atom is 0.244 e. The van der Waals surface area contributed by atoms with Gasteiger partial charge in [0.05, 0.1) is 5.75 Å². The van der Waals surface area contributed by atoms with Gasteiger partial charge in [0.1, 0.15) is 17.3 Å². The van der Waals surface area contributed by atoms with Crippen LogP contribution in [-0.4, -0.2) is 63.7 Å². The standard InChI is InChI=1S/C17H25FN4O3S/c1-2-19-17(21-13-16(23)22-10-5-6-11-22)20-9-12-26(24,25)15-8-4-3-7-14(15)18/h3-4,7-8H,2,5-6,9-13H2,1H3,(H2,19,20,21). The molecule has 1 aromatic carbocycles. The van der Waals surface area contributed by atoms with Crippen LogP contribution in [0.3, 0.4) is 0 Å². The topological polar surface area (TPSA) is 90.9 Å². The van der Waals surface area contributed by atoms with Gasteiger partial charge in [0.2, 0.25) is 5.91 Å². The molecule has 0 bridgehead atoms. The van der Waals surface area contributed by atoms with E-state index in [4.69, 9.17) is 0 Å². The lowest BCUT2D eigenvalue weighted by molar-refractivity contribution is -0.128. The molecule has 0 aliphatic carbocycles. The molecule has 26 heavy (non-hydrogen) atoms. The van der Waals surface area contributed by atoms with Crippen molar-refractivity contribution in [3.8, 4) is 0 Å². The Morgan fingerprint density at radius 3 is 2.58 bits per heavy atom. The molecule has 0 atom stereocenters. The van der Waals surface area contributed by atoms with Gasteiger partial charge in [0, 0.05) is 26.2 Å². The van der Waals surface area contributed by atoms with Crippen molar-refractivity contribution in [3.05, 3.63) is 30.1 Å². The van der Waals surface area contributed by atoms with Crippen molar-refractivity contribution in [2.24, 2.45) is 4.99 Å². The maximum atomic E-state index is 13.7. The van der Waals surface area contributed by atoms with E-state index in [2.05, 4.69) is 15.6 Å². The lowest BCUT2D eigenvalue weighted by Gasteiger charge is -2.15. The van der Waals surface area contributed by atoms with Gasteiger partial charge in [-0.15, -0.1) is 0 Å². The van der Waals surface area contributed by atoms with Crippen LogP contribution >= 0.6 is 0 Å². The highest BCUT2D eigenvalue weighted by Gasteiger charge is 2.19. The van der Waals surface area contributed by atoms with Crippen molar-refractivity contribution in [2.45, 2.75) is 24.7 Å². The molecule has 1 amide bonds. The number of guanidine groups is 1. The minimum atomic E-state index is -3.74. The molecular weight excluding hydrogens is 359 g/mol. The van der Waals surface area contributed by atoms with E-state index in [-0.39, 0.29) is 29.6 Å². The average molecular weight is 384 g/mol. The quantitative estimate of drug-likeness (QED) is 0.535. The summed E-state index contributed by atoms with van der Waals surface area (Å²) in [6.07, 6.45) is 2.03. The molecule has 1 aliphatic rings. The first-order valence-corrected chi connectivity index (χ1v) is 10.4. The van der Waals surface area contributed by atoms with Crippen molar-refractivity contribution in [2.75, 3.05) is 38.5 Å². The van der Waals surface area contributed by atoms with E-state index in [0.29, 0.717) is 12.5 Å². The van der Waals surface area contributed by atoms with Crippen molar-refractivity contribution in [3.63, 3.8) is 0 Å². The predicted octanol–water partition coefficient (Wildman–Crippen LogP) is 0.777. The fourth-order valence-corrected chi connectivity index (χ4v) is 3.91. The van der Waals surface area contributed by atoms with Crippen LogP contribution in [0, 0.1) is 5.82 Å². The first kappa shape index (κ1) is 20.2. The third-order valence-electron chi connectivity index (χ3n) is 4.01. The summed E-state index contributed by atoms with van der Waals surface area (Å²) in [6.45, 7) is 4.04. The molecule has 9 heteroatoms. The number of carbonyl (C=O) groups excluding carboxylic acids is 1. The van der Waals surface area contributed by atoms with Gasteiger partial charge in [-0.25, -0.2) is 17.8 Å². The molecule has 1 saturated heterocycles. The Labute approximate surface area is 153 Å². The highest BCUT2D eigenvalue weighted by atomic mass is 32.2. The SMILES string of the molecule is CCNC(=NCC(=O)N1CCCC1)NCCS(=O)(=O)c1ccccc1F. The molecule has 0 radical (unpaired) electrons. The lowest BCUT2D eigenvalue weighted by atomic mass is 10.3. The van der Waals surface area contributed by atoms with Gasteiger partial charge >= 0.3 is 0 Å². The van der Waals surface area contributed by atoms with Crippen LogP contribution in [0.2, 0.25) is 0 Å². The van der Waals surface area contributed by atoms with Crippen LogP contribution in [-0.2, 0) is 14.6 Å². The summed E-state index contributed by atoms with van der Waals surface area (Å²) in [4.78, 5) is 17.7. The number of amides is 1. The van der Waals surface area contributed by atoms with Crippen molar-refractivity contribution in [1.82, 2.24) is 15.5 Å². The Morgan fingerprint density at radius 1 is 1.23 bits per heavy atom. The Kier molecular flexibility index (Phi) is 7.38. The molecule has 0 aromatic heterocycles. The minimum Gasteiger partial charge on any atom is -0.357 e. The summed E-state index contributed by atoms with van der Waals surface area (Å²) in [5.74, 6) is -0.718. The average Bonchev–Trinajstić information content (AvgIpc) is 3.14. The third kappa shape index (κ3) is 5.69. The molecule has 2 rings (SSSR count). The van der Waals surface area contributed by atoms with E-state index in [1.54, 1.807) is 4.90 Å². The Bertz CT molecular complexity index is 746. The molecular formula is C17H25FN4O3S. The van der Waals surface area contributed by atoms with Crippen LogP contribution < -0.4 is 10.6 Å². The van der Waals surface area contributed by atoms with Crippen molar-refractivity contribution >= 4 is 21.7 Å². The van der Waals surface area contributed by atoms with Gasteiger partial charge in [-0.3, -0.25) is 4.79 Å². The molecule has 2 N–H and O–H groups in total. The number of nitrogens with zero attached hydrogens (tertiary/aromatic N) is 2.